The minimum atomic E-state index is -4.17. The zero-order chi connectivity index (χ0) is 25.6. The average molecular weight is 517 g/mol. The number of sulfonamides is 1. The van der Waals surface area contributed by atoms with E-state index in [1.807, 2.05) is 0 Å². The lowest BCUT2D eigenvalue weighted by Crippen LogP contribution is -2.38. The van der Waals surface area contributed by atoms with E-state index in [0.29, 0.717) is 16.8 Å². The van der Waals surface area contributed by atoms with Crippen LogP contribution in [0.2, 0.25) is 5.02 Å². The number of anilines is 2. The first-order chi connectivity index (χ1) is 16.7. The zero-order valence-corrected chi connectivity index (χ0v) is 21.0. The lowest BCUT2D eigenvalue weighted by Gasteiger charge is -2.26. The fraction of sp³-hybridized carbons (Fsp3) is 0.200. The number of carbonyl (C=O) groups excluding carboxylic acids is 2. The van der Waals surface area contributed by atoms with Crippen LogP contribution in [-0.2, 0) is 19.6 Å². The molecule has 3 rings (SSSR count). The van der Waals surface area contributed by atoms with Crippen molar-refractivity contribution in [3.63, 3.8) is 0 Å². The highest BCUT2D eigenvalue weighted by atomic mass is 35.5. The van der Waals surface area contributed by atoms with Gasteiger partial charge in [0, 0.05) is 10.7 Å². The molecule has 184 valence electrons. The minimum absolute atomic E-state index is 0.00434. The summed E-state index contributed by atoms with van der Waals surface area (Å²) in [5.41, 5.74) is 1.26. The van der Waals surface area contributed by atoms with Crippen LogP contribution in [0.1, 0.15) is 22.8 Å². The van der Waals surface area contributed by atoms with Crippen LogP contribution in [0.15, 0.2) is 71.6 Å². The van der Waals surface area contributed by atoms with Gasteiger partial charge in [0.2, 0.25) is 5.91 Å². The van der Waals surface area contributed by atoms with E-state index < -0.39 is 28.4 Å². The molecule has 3 aromatic rings. The number of amides is 1. The Labute approximate surface area is 209 Å². The number of carbonyl (C=O) groups is 2. The third-order valence-corrected chi connectivity index (χ3v) is 7.14. The number of esters is 1. The van der Waals surface area contributed by atoms with Crippen LogP contribution in [-0.4, -0.2) is 40.6 Å². The molecule has 0 aliphatic heterocycles. The monoisotopic (exact) mass is 516 g/mol. The summed E-state index contributed by atoms with van der Waals surface area (Å²) in [5.74, 6) is -0.920. The largest absolute Gasteiger partial charge is 0.495 e. The van der Waals surface area contributed by atoms with E-state index in [-0.39, 0.29) is 28.0 Å². The first-order valence-electron chi connectivity index (χ1n) is 10.7. The summed E-state index contributed by atoms with van der Waals surface area (Å²) in [4.78, 5) is 25.3. The molecular formula is C25H25ClN2O6S. The molecule has 0 spiro atoms. The summed E-state index contributed by atoms with van der Waals surface area (Å²) in [6, 6.07) is 17.0. The maximum atomic E-state index is 13.6. The van der Waals surface area contributed by atoms with Crippen molar-refractivity contribution in [3.8, 4) is 5.75 Å². The molecule has 0 heterocycles. The van der Waals surface area contributed by atoms with Gasteiger partial charge < -0.3 is 14.8 Å². The molecule has 0 aliphatic rings. The van der Waals surface area contributed by atoms with Crippen LogP contribution in [0.4, 0.5) is 11.4 Å². The predicted octanol–water partition coefficient (Wildman–Crippen LogP) is 4.67. The number of nitrogens with one attached hydrogen (secondary N) is 1. The van der Waals surface area contributed by atoms with Crippen LogP contribution in [0, 0.1) is 6.92 Å². The van der Waals surface area contributed by atoms with Crippen LogP contribution >= 0.6 is 11.6 Å². The number of hydrogen-bond donors (Lipinski definition) is 1. The van der Waals surface area contributed by atoms with Crippen molar-refractivity contribution < 1.29 is 27.5 Å². The molecule has 3 aromatic carbocycles. The summed E-state index contributed by atoms with van der Waals surface area (Å²) >= 11 is 6.15. The maximum Gasteiger partial charge on any atom is 0.338 e. The maximum absolute atomic E-state index is 13.6. The number of ether oxygens (including phenoxy) is 2. The normalized spacial score (nSPS) is 11.0. The molecule has 0 aromatic heterocycles. The number of benzene rings is 3. The van der Waals surface area contributed by atoms with Gasteiger partial charge in [0.25, 0.3) is 10.0 Å². The Balaban J connectivity index is 1.99. The highest BCUT2D eigenvalue weighted by Gasteiger charge is 2.30. The molecule has 1 amide bonds. The quantitative estimate of drug-likeness (QED) is 0.415. The predicted molar refractivity (Wildman–Crippen MR) is 135 cm³/mol. The lowest BCUT2D eigenvalue weighted by molar-refractivity contribution is -0.114. The molecule has 0 atom stereocenters. The van der Waals surface area contributed by atoms with Crippen molar-refractivity contribution in [2.45, 2.75) is 18.7 Å². The molecule has 0 unspecified atom stereocenters. The number of nitrogens with zero attached hydrogens (tertiary/aromatic N) is 1. The Morgan fingerprint density at radius 2 is 1.74 bits per heavy atom. The summed E-state index contributed by atoms with van der Waals surface area (Å²) in [5, 5.41) is 2.97. The Morgan fingerprint density at radius 1 is 1.03 bits per heavy atom. The summed E-state index contributed by atoms with van der Waals surface area (Å²) in [6.07, 6.45) is 0. The van der Waals surface area contributed by atoms with Gasteiger partial charge in [0.1, 0.15) is 12.3 Å². The van der Waals surface area contributed by atoms with E-state index >= 15 is 0 Å². The molecule has 0 fully saturated rings. The van der Waals surface area contributed by atoms with Crippen molar-refractivity contribution >= 4 is 44.9 Å². The van der Waals surface area contributed by atoms with E-state index in [1.54, 1.807) is 56.3 Å². The van der Waals surface area contributed by atoms with Crippen molar-refractivity contribution in [2.75, 3.05) is 29.9 Å². The minimum Gasteiger partial charge on any atom is -0.495 e. The van der Waals surface area contributed by atoms with Gasteiger partial charge in [0.15, 0.2) is 0 Å². The van der Waals surface area contributed by atoms with Gasteiger partial charge in [-0.2, -0.15) is 0 Å². The Kier molecular flexibility index (Phi) is 8.37. The van der Waals surface area contributed by atoms with Gasteiger partial charge in [-0.15, -0.1) is 0 Å². The number of methoxy groups -OCH3 is 1. The zero-order valence-electron chi connectivity index (χ0n) is 19.4. The summed E-state index contributed by atoms with van der Waals surface area (Å²) in [7, 11) is -2.78. The third-order valence-electron chi connectivity index (χ3n) is 5.13. The Morgan fingerprint density at radius 3 is 2.40 bits per heavy atom. The summed E-state index contributed by atoms with van der Waals surface area (Å²) in [6.45, 7) is 3.00. The topological polar surface area (TPSA) is 102 Å². The lowest BCUT2D eigenvalue weighted by atomic mass is 10.1. The second kappa shape index (κ2) is 11.2. The van der Waals surface area contributed by atoms with Gasteiger partial charge in [-0.05, 0) is 61.9 Å². The van der Waals surface area contributed by atoms with Crippen molar-refractivity contribution in [1.82, 2.24) is 0 Å². The molecule has 1 N–H and O–H groups in total. The fourth-order valence-corrected chi connectivity index (χ4v) is 5.01. The van der Waals surface area contributed by atoms with Gasteiger partial charge >= 0.3 is 5.97 Å². The second-order valence-corrected chi connectivity index (χ2v) is 9.69. The molecule has 0 saturated carbocycles. The first-order valence-corrected chi connectivity index (χ1v) is 12.5. The molecule has 0 bridgehead atoms. The second-order valence-electron chi connectivity index (χ2n) is 7.39. The van der Waals surface area contributed by atoms with E-state index in [0.717, 1.165) is 4.31 Å². The molecular weight excluding hydrogens is 492 g/mol. The van der Waals surface area contributed by atoms with Crippen molar-refractivity contribution in [1.29, 1.82) is 0 Å². The summed E-state index contributed by atoms with van der Waals surface area (Å²) < 4.78 is 38.5. The molecule has 8 nitrogen and oxygen atoms in total. The average Bonchev–Trinajstić information content (AvgIpc) is 2.84. The Bertz CT molecular complexity index is 1330. The van der Waals surface area contributed by atoms with Crippen LogP contribution in [0.25, 0.3) is 0 Å². The smallest absolute Gasteiger partial charge is 0.338 e. The number of halogens is 1. The van der Waals surface area contributed by atoms with E-state index in [2.05, 4.69) is 5.32 Å². The van der Waals surface area contributed by atoms with Crippen molar-refractivity contribution in [3.05, 3.63) is 82.9 Å². The molecule has 0 saturated heterocycles. The molecule has 10 heteroatoms. The van der Waals surface area contributed by atoms with Crippen LogP contribution < -0.4 is 14.4 Å². The fourth-order valence-electron chi connectivity index (χ4n) is 3.40. The highest BCUT2D eigenvalue weighted by Crippen LogP contribution is 2.35. The van der Waals surface area contributed by atoms with Gasteiger partial charge in [-0.3, -0.25) is 9.10 Å². The Hall–Kier alpha value is -3.56. The number of hydrogen-bond acceptors (Lipinski definition) is 6. The van der Waals surface area contributed by atoms with Crippen LogP contribution in [0.5, 0.6) is 5.75 Å². The molecule has 0 radical (unpaired) electrons. The highest BCUT2D eigenvalue weighted by molar-refractivity contribution is 7.92. The van der Waals surface area contributed by atoms with Gasteiger partial charge in [-0.1, -0.05) is 35.9 Å². The van der Waals surface area contributed by atoms with Crippen molar-refractivity contribution in [2.24, 2.45) is 0 Å². The van der Waals surface area contributed by atoms with Gasteiger partial charge in [0.05, 0.1) is 29.9 Å². The molecule has 35 heavy (non-hydrogen) atoms. The van der Waals surface area contributed by atoms with E-state index in [1.165, 1.54) is 31.4 Å². The van der Waals surface area contributed by atoms with E-state index in [4.69, 9.17) is 21.1 Å². The third kappa shape index (κ3) is 5.93. The van der Waals surface area contributed by atoms with Crippen LogP contribution in [0.3, 0.4) is 0 Å². The van der Waals surface area contributed by atoms with E-state index in [9.17, 15) is 18.0 Å². The molecule has 0 aliphatic carbocycles. The standard InChI is InChI=1S/C25H25ClN2O6S/c1-4-34-25(30)20-11-8-12-21(17(20)2)27-24(29)16-28(22-15-18(26)13-14-23(22)33-3)35(31,32)19-9-6-5-7-10-19/h5-15H,4,16H2,1-3H3,(H,27,29). The SMILES string of the molecule is CCOC(=O)c1cccc(NC(=O)CN(c2cc(Cl)ccc2OC)S(=O)(=O)c2ccccc2)c1C. The van der Waals surface area contributed by atoms with Gasteiger partial charge in [-0.25, -0.2) is 13.2 Å². The first kappa shape index (κ1) is 26.1. The number of rotatable bonds is 9.